The zero-order valence-corrected chi connectivity index (χ0v) is 19.2. The number of guanidine groups is 1. The summed E-state index contributed by atoms with van der Waals surface area (Å²) < 4.78 is 7.65. The Hall–Kier alpha value is -1.23. The molecule has 0 aromatic carbocycles. The maximum Gasteiger partial charge on any atom is 0.192 e. The highest BCUT2D eigenvalue weighted by atomic mass is 127. The van der Waals surface area contributed by atoms with Crippen LogP contribution in [0.5, 0.6) is 0 Å². The lowest BCUT2D eigenvalue weighted by Crippen LogP contribution is -2.39. The standard InChI is InChI=1S/C17H28N6OS.HI/c1-12-7-8-15(24-12)13(2)20-17(18-9-6-10-25-5)19-11-16-22-21-14(3)23(16)4;/h7-8,13H,6,9-11H2,1-5H3,(H2,18,19,20);1H. The van der Waals surface area contributed by atoms with E-state index in [1.165, 1.54) is 0 Å². The highest BCUT2D eigenvalue weighted by Crippen LogP contribution is 2.15. The normalized spacial score (nSPS) is 12.6. The largest absolute Gasteiger partial charge is 0.464 e. The molecule has 0 aliphatic rings. The first kappa shape index (κ1) is 22.8. The van der Waals surface area contributed by atoms with Crippen LogP contribution < -0.4 is 10.6 Å². The second kappa shape index (κ2) is 11.5. The molecule has 0 saturated heterocycles. The molecule has 0 bridgehead atoms. The molecule has 26 heavy (non-hydrogen) atoms. The number of hydrogen-bond donors (Lipinski definition) is 2. The third-order valence-corrected chi connectivity index (χ3v) is 4.62. The van der Waals surface area contributed by atoms with Crippen LogP contribution in [0.25, 0.3) is 0 Å². The molecule has 1 unspecified atom stereocenters. The minimum atomic E-state index is 0. The van der Waals surface area contributed by atoms with Crippen molar-refractivity contribution in [3.05, 3.63) is 35.3 Å². The van der Waals surface area contributed by atoms with Gasteiger partial charge in [-0.2, -0.15) is 11.8 Å². The predicted octanol–water partition coefficient (Wildman–Crippen LogP) is 3.19. The van der Waals surface area contributed by atoms with E-state index in [-0.39, 0.29) is 30.0 Å². The van der Waals surface area contributed by atoms with Crippen molar-refractivity contribution >= 4 is 41.7 Å². The van der Waals surface area contributed by atoms with Crippen molar-refractivity contribution in [3.8, 4) is 0 Å². The molecule has 0 radical (unpaired) electrons. The van der Waals surface area contributed by atoms with Crippen molar-refractivity contribution in [1.29, 1.82) is 0 Å². The second-order valence-corrected chi connectivity index (χ2v) is 6.96. The van der Waals surface area contributed by atoms with E-state index in [1.807, 2.05) is 49.4 Å². The Bertz CT molecular complexity index is 699. The number of hydrogen-bond acceptors (Lipinski definition) is 5. The lowest BCUT2D eigenvalue weighted by atomic mass is 10.2. The maximum atomic E-state index is 5.70. The van der Waals surface area contributed by atoms with Gasteiger partial charge in [0.15, 0.2) is 11.8 Å². The summed E-state index contributed by atoms with van der Waals surface area (Å²) in [4.78, 5) is 4.66. The molecule has 0 saturated carbocycles. The Morgan fingerprint density at radius 1 is 1.35 bits per heavy atom. The van der Waals surface area contributed by atoms with Crippen molar-refractivity contribution in [1.82, 2.24) is 25.4 Å². The molecule has 0 fully saturated rings. The smallest absolute Gasteiger partial charge is 0.192 e. The summed E-state index contributed by atoms with van der Waals surface area (Å²) >= 11 is 1.84. The summed E-state index contributed by atoms with van der Waals surface area (Å²) in [5, 5.41) is 15.0. The molecule has 2 aromatic heterocycles. The minimum Gasteiger partial charge on any atom is -0.464 e. The molecule has 0 amide bonds. The summed E-state index contributed by atoms with van der Waals surface area (Å²) in [5.74, 6) is 5.39. The van der Waals surface area contributed by atoms with Crippen molar-refractivity contribution in [2.24, 2.45) is 12.0 Å². The van der Waals surface area contributed by atoms with Gasteiger partial charge in [-0.3, -0.25) is 0 Å². The van der Waals surface area contributed by atoms with Gasteiger partial charge in [0, 0.05) is 13.6 Å². The van der Waals surface area contributed by atoms with Crippen LogP contribution in [0.4, 0.5) is 0 Å². The molecule has 2 heterocycles. The molecule has 0 spiro atoms. The van der Waals surface area contributed by atoms with Gasteiger partial charge in [0.1, 0.15) is 23.9 Å². The first-order valence-corrected chi connectivity index (χ1v) is 9.85. The van der Waals surface area contributed by atoms with Crippen LogP contribution in [0.15, 0.2) is 21.5 Å². The van der Waals surface area contributed by atoms with Gasteiger partial charge in [-0.05, 0) is 51.3 Å². The number of aromatic nitrogens is 3. The van der Waals surface area contributed by atoms with Crippen LogP contribution in [-0.4, -0.2) is 39.3 Å². The highest BCUT2D eigenvalue weighted by molar-refractivity contribution is 14.0. The summed E-state index contributed by atoms with van der Waals surface area (Å²) in [6.45, 7) is 7.28. The van der Waals surface area contributed by atoms with Crippen LogP contribution in [0, 0.1) is 13.8 Å². The summed E-state index contributed by atoms with van der Waals surface area (Å²) in [5.41, 5.74) is 0. The number of thioether (sulfide) groups is 1. The van der Waals surface area contributed by atoms with E-state index in [9.17, 15) is 0 Å². The van der Waals surface area contributed by atoms with Gasteiger partial charge in [0.2, 0.25) is 0 Å². The Labute approximate surface area is 176 Å². The van der Waals surface area contributed by atoms with Crippen molar-refractivity contribution in [2.75, 3.05) is 18.6 Å². The third kappa shape index (κ3) is 6.82. The van der Waals surface area contributed by atoms with Gasteiger partial charge in [-0.15, -0.1) is 34.2 Å². The molecular weight excluding hydrogens is 463 g/mol. The van der Waals surface area contributed by atoms with Gasteiger partial charge >= 0.3 is 0 Å². The van der Waals surface area contributed by atoms with Gasteiger partial charge in [0.05, 0.1) is 6.04 Å². The fraction of sp³-hybridized carbons (Fsp3) is 0.588. The monoisotopic (exact) mass is 492 g/mol. The minimum absolute atomic E-state index is 0. The number of furan rings is 1. The maximum absolute atomic E-state index is 5.70. The van der Waals surface area contributed by atoms with E-state index in [0.29, 0.717) is 6.54 Å². The quantitative estimate of drug-likeness (QED) is 0.255. The number of aryl methyl sites for hydroxylation is 2. The molecule has 146 valence electrons. The average Bonchev–Trinajstić information content (AvgIpc) is 3.16. The van der Waals surface area contributed by atoms with Crippen LogP contribution in [0.3, 0.4) is 0 Å². The number of aliphatic imine (C=N–C) groups is 1. The topological polar surface area (TPSA) is 80.3 Å². The molecule has 0 aliphatic carbocycles. The number of rotatable bonds is 8. The van der Waals surface area contributed by atoms with E-state index in [0.717, 1.165) is 47.8 Å². The molecule has 1 atom stereocenters. The van der Waals surface area contributed by atoms with E-state index in [1.54, 1.807) is 0 Å². The van der Waals surface area contributed by atoms with Crippen LogP contribution in [0.1, 0.15) is 42.6 Å². The Morgan fingerprint density at radius 2 is 2.12 bits per heavy atom. The highest BCUT2D eigenvalue weighted by Gasteiger charge is 2.12. The fourth-order valence-electron chi connectivity index (χ4n) is 2.28. The zero-order chi connectivity index (χ0) is 18.2. The van der Waals surface area contributed by atoms with Crippen molar-refractivity contribution in [3.63, 3.8) is 0 Å². The SMILES string of the molecule is CSCCCNC(=NCc1nnc(C)n1C)NC(C)c1ccc(C)o1.I. The van der Waals surface area contributed by atoms with Crippen molar-refractivity contribution < 1.29 is 4.42 Å². The summed E-state index contributed by atoms with van der Waals surface area (Å²) in [6, 6.07) is 3.99. The van der Waals surface area contributed by atoms with Crippen molar-refractivity contribution in [2.45, 2.75) is 39.8 Å². The first-order chi connectivity index (χ1) is 12.0. The molecular formula is C17H29IN6OS. The molecule has 2 N–H and O–H groups in total. The summed E-state index contributed by atoms with van der Waals surface area (Å²) in [6.07, 6.45) is 3.20. The molecule has 0 aliphatic heterocycles. The predicted molar refractivity (Wildman–Crippen MR) is 118 cm³/mol. The third-order valence-electron chi connectivity index (χ3n) is 3.92. The van der Waals surface area contributed by atoms with E-state index in [2.05, 4.69) is 39.0 Å². The van der Waals surface area contributed by atoms with E-state index >= 15 is 0 Å². The van der Waals surface area contributed by atoms with Gasteiger partial charge in [-0.1, -0.05) is 0 Å². The first-order valence-electron chi connectivity index (χ1n) is 8.46. The number of nitrogens with zero attached hydrogens (tertiary/aromatic N) is 4. The lowest BCUT2D eigenvalue weighted by molar-refractivity contribution is 0.441. The van der Waals surface area contributed by atoms with E-state index < -0.39 is 0 Å². The Balaban J connectivity index is 0.00000338. The lowest BCUT2D eigenvalue weighted by Gasteiger charge is -2.17. The molecule has 7 nitrogen and oxygen atoms in total. The fourth-order valence-corrected chi connectivity index (χ4v) is 2.71. The van der Waals surface area contributed by atoms with Gasteiger partial charge < -0.3 is 19.6 Å². The Morgan fingerprint density at radius 3 is 2.69 bits per heavy atom. The summed E-state index contributed by atoms with van der Waals surface area (Å²) in [7, 11) is 1.95. The average molecular weight is 492 g/mol. The Kier molecular flexibility index (Phi) is 10.1. The van der Waals surface area contributed by atoms with E-state index in [4.69, 9.17) is 4.42 Å². The van der Waals surface area contributed by atoms with Gasteiger partial charge in [-0.25, -0.2) is 4.99 Å². The van der Waals surface area contributed by atoms with Crippen LogP contribution in [0.2, 0.25) is 0 Å². The second-order valence-electron chi connectivity index (χ2n) is 5.97. The molecule has 2 rings (SSSR count). The van der Waals surface area contributed by atoms with Gasteiger partial charge in [0.25, 0.3) is 0 Å². The number of halogens is 1. The van der Waals surface area contributed by atoms with Crippen LogP contribution >= 0.6 is 35.7 Å². The number of nitrogens with one attached hydrogen (secondary N) is 2. The molecule has 2 aromatic rings. The van der Waals surface area contributed by atoms with Crippen LogP contribution in [-0.2, 0) is 13.6 Å². The molecule has 9 heteroatoms. The zero-order valence-electron chi connectivity index (χ0n) is 16.1.